The van der Waals surface area contributed by atoms with Crippen molar-refractivity contribution in [2.45, 2.75) is 56.5 Å². The van der Waals surface area contributed by atoms with Gasteiger partial charge in [0, 0.05) is 29.8 Å². The second-order valence-electron chi connectivity index (χ2n) is 12.5. The Morgan fingerprint density at radius 1 is 1.10 bits per heavy atom. The van der Waals surface area contributed by atoms with Crippen LogP contribution in [0.3, 0.4) is 0 Å². The van der Waals surface area contributed by atoms with Gasteiger partial charge in [0.25, 0.3) is 0 Å². The number of imidazole rings is 1. The average Bonchev–Trinajstić information content (AvgIpc) is 3.44. The number of nitrogens with two attached hydrogens (primary N) is 1. The molecule has 1 atom stereocenters. The third-order valence-corrected chi connectivity index (χ3v) is 9.04. The highest BCUT2D eigenvalue weighted by Gasteiger charge is 2.28. The summed E-state index contributed by atoms with van der Waals surface area (Å²) in [6.45, 7) is 2.30. The number of hydrogen-bond donors (Lipinski definition) is 3. The van der Waals surface area contributed by atoms with Gasteiger partial charge in [-0.3, -0.25) is 4.90 Å². The number of aromatic nitrogens is 3. The lowest BCUT2D eigenvalue weighted by Gasteiger charge is -2.32. The number of benzene rings is 2. The number of piperidine rings is 1. The van der Waals surface area contributed by atoms with Gasteiger partial charge in [0.2, 0.25) is 5.88 Å². The van der Waals surface area contributed by atoms with E-state index in [1.165, 1.54) is 6.07 Å². The van der Waals surface area contributed by atoms with Crippen molar-refractivity contribution in [3.63, 3.8) is 0 Å². The topological polar surface area (TPSA) is 169 Å². The van der Waals surface area contributed by atoms with Crippen molar-refractivity contribution >= 4 is 17.0 Å². The van der Waals surface area contributed by atoms with Crippen molar-refractivity contribution in [2.75, 3.05) is 39.5 Å². The summed E-state index contributed by atoms with van der Waals surface area (Å²) in [4.78, 5) is 24.9. The van der Waals surface area contributed by atoms with E-state index in [2.05, 4.69) is 9.47 Å². The fraction of sp³-hybridized carbons (Fsp3) is 0.429. The van der Waals surface area contributed by atoms with E-state index in [1.54, 1.807) is 36.4 Å². The van der Waals surface area contributed by atoms with Crippen LogP contribution in [0.2, 0.25) is 0 Å². The summed E-state index contributed by atoms with van der Waals surface area (Å²) in [5.41, 5.74) is 7.89. The van der Waals surface area contributed by atoms with Gasteiger partial charge in [-0.25, -0.2) is 19.2 Å². The molecule has 0 amide bonds. The van der Waals surface area contributed by atoms with Gasteiger partial charge >= 0.3 is 5.97 Å². The number of carbonyl (C=O) groups excluding carboxylic acids is 1. The molecule has 2 fully saturated rings. The molecule has 2 aliphatic rings. The summed E-state index contributed by atoms with van der Waals surface area (Å²) in [7, 11) is 0. The van der Waals surface area contributed by atoms with Crippen LogP contribution in [0.25, 0.3) is 11.0 Å². The maximum Gasteiger partial charge on any atom is 0.338 e. The van der Waals surface area contributed by atoms with Crippen LogP contribution in [0.1, 0.15) is 58.2 Å². The van der Waals surface area contributed by atoms with Gasteiger partial charge in [-0.15, -0.1) is 0 Å². The molecule has 6 rings (SSSR count). The molecule has 4 aromatic rings. The van der Waals surface area contributed by atoms with E-state index in [1.807, 2.05) is 18.2 Å². The predicted octanol–water partition coefficient (Wildman–Crippen LogP) is 3.03. The highest BCUT2D eigenvalue weighted by Crippen LogP contribution is 2.30. The summed E-state index contributed by atoms with van der Waals surface area (Å²) in [6, 6.07) is 17.1. The fourth-order valence-electron chi connectivity index (χ4n) is 5.90. The van der Waals surface area contributed by atoms with Gasteiger partial charge in [-0.2, -0.15) is 5.26 Å². The standard InChI is InChI=1S/C35H39FN6O6/c36-28-14-23(16-37)4-5-26(28)19-47-33-3-1-2-29(40-33)24-8-11-41(12-9-24)18-32-39-30-7-6-25(34(45)48-22-35(38,20-43)21-44)15-31(30)42(32)17-27-10-13-46-27/h1-7,14-15,24,27,43-44H,8-13,17-22,38H2/t27-/m0/s1. The van der Waals surface area contributed by atoms with Gasteiger partial charge in [0.05, 0.1) is 66.2 Å². The van der Waals surface area contributed by atoms with E-state index in [-0.39, 0.29) is 30.8 Å². The van der Waals surface area contributed by atoms with E-state index in [9.17, 15) is 19.4 Å². The number of fused-ring (bicyclic) bond motifs is 1. The number of hydrogen-bond acceptors (Lipinski definition) is 11. The number of ether oxygens (including phenoxy) is 3. The second kappa shape index (κ2) is 14.8. The highest BCUT2D eigenvalue weighted by molar-refractivity contribution is 5.93. The molecule has 48 heavy (non-hydrogen) atoms. The van der Waals surface area contributed by atoms with Gasteiger partial charge in [-0.1, -0.05) is 12.1 Å². The number of carbonyl (C=O) groups is 1. The van der Waals surface area contributed by atoms with Crippen LogP contribution in [0.15, 0.2) is 54.6 Å². The molecule has 2 aliphatic heterocycles. The smallest absolute Gasteiger partial charge is 0.338 e. The fourth-order valence-corrected chi connectivity index (χ4v) is 5.90. The zero-order valence-electron chi connectivity index (χ0n) is 26.6. The first-order chi connectivity index (χ1) is 23.3. The van der Waals surface area contributed by atoms with Crippen LogP contribution < -0.4 is 10.5 Å². The number of halogens is 1. The quantitative estimate of drug-likeness (QED) is 0.181. The largest absolute Gasteiger partial charge is 0.473 e. The first-order valence-electron chi connectivity index (χ1n) is 16.1. The number of pyridine rings is 1. The van der Waals surface area contributed by atoms with Gasteiger partial charge in [0.15, 0.2) is 0 Å². The number of likely N-dealkylation sites (tertiary alicyclic amines) is 1. The number of aliphatic hydroxyl groups is 2. The third kappa shape index (κ3) is 7.64. The van der Waals surface area contributed by atoms with Crippen LogP contribution in [0.5, 0.6) is 5.88 Å². The van der Waals surface area contributed by atoms with E-state index in [4.69, 9.17) is 35.2 Å². The predicted molar refractivity (Wildman–Crippen MR) is 172 cm³/mol. The Morgan fingerprint density at radius 3 is 2.58 bits per heavy atom. The van der Waals surface area contributed by atoms with Crippen molar-refractivity contribution in [3.8, 4) is 11.9 Å². The summed E-state index contributed by atoms with van der Waals surface area (Å²) in [6.07, 6.45) is 2.81. The Hall–Kier alpha value is -4.45. The van der Waals surface area contributed by atoms with Crippen LogP contribution in [-0.4, -0.2) is 86.8 Å². The van der Waals surface area contributed by atoms with E-state index in [0.717, 1.165) is 61.5 Å². The summed E-state index contributed by atoms with van der Waals surface area (Å²) in [5.74, 6) is 0.475. The minimum atomic E-state index is -1.41. The van der Waals surface area contributed by atoms with Crippen molar-refractivity contribution in [3.05, 3.63) is 88.6 Å². The number of rotatable bonds is 13. The molecule has 2 aromatic heterocycles. The zero-order chi connectivity index (χ0) is 33.7. The Morgan fingerprint density at radius 2 is 1.90 bits per heavy atom. The lowest BCUT2D eigenvalue weighted by molar-refractivity contribution is -0.0592. The first-order valence-corrected chi connectivity index (χ1v) is 16.1. The lowest BCUT2D eigenvalue weighted by Crippen LogP contribution is -2.51. The first kappa shape index (κ1) is 33.5. The normalized spacial score (nSPS) is 17.2. The molecule has 0 unspecified atom stereocenters. The molecular formula is C35H39FN6O6. The van der Waals surface area contributed by atoms with Crippen LogP contribution >= 0.6 is 0 Å². The lowest BCUT2D eigenvalue weighted by atomic mass is 9.93. The molecule has 13 heteroatoms. The van der Waals surface area contributed by atoms with E-state index >= 15 is 0 Å². The van der Waals surface area contributed by atoms with Crippen LogP contribution in [0, 0.1) is 17.1 Å². The van der Waals surface area contributed by atoms with Gasteiger partial charge in [0.1, 0.15) is 24.9 Å². The van der Waals surface area contributed by atoms with E-state index < -0.39 is 30.5 Å². The molecule has 2 aromatic carbocycles. The van der Waals surface area contributed by atoms with Gasteiger partial charge < -0.3 is 34.7 Å². The molecule has 252 valence electrons. The number of aliphatic hydroxyl groups excluding tert-OH is 2. The minimum absolute atomic E-state index is 0.0177. The molecule has 0 aliphatic carbocycles. The molecule has 12 nitrogen and oxygen atoms in total. The number of nitrogens with zero attached hydrogens (tertiary/aromatic N) is 5. The monoisotopic (exact) mass is 658 g/mol. The number of nitriles is 1. The third-order valence-electron chi connectivity index (χ3n) is 9.04. The van der Waals surface area contributed by atoms with Crippen molar-refractivity contribution in [2.24, 2.45) is 5.73 Å². The maximum absolute atomic E-state index is 14.3. The average molecular weight is 659 g/mol. The molecule has 0 spiro atoms. The maximum atomic E-state index is 14.3. The van der Waals surface area contributed by atoms with Crippen LogP contribution in [0.4, 0.5) is 4.39 Å². The van der Waals surface area contributed by atoms with E-state index in [0.29, 0.717) is 30.1 Å². The van der Waals surface area contributed by atoms with Gasteiger partial charge in [-0.05, 0) is 68.8 Å². The Labute approximate surface area is 277 Å². The second-order valence-corrected chi connectivity index (χ2v) is 12.5. The molecule has 0 saturated carbocycles. The molecule has 4 heterocycles. The Balaban J connectivity index is 1.10. The molecule has 2 saturated heterocycles. The Kier molecular flexibility index (Phi) is 10.3. The molecule has 4 N–H and O–H groups in total. The highest BCUT2D eigenvalue weighted by atomic mass is 19.1. The molecular weight excluding hydrogens is 619 g/mol. The van der Waals surface area contributed by atoms with Crippen molar-refractivity contribution < 1.29 is 33.6 Å². The SMILES string of the molecule is N#Cc1ccc(COc2cccc(C3CCN(Cc4nc5ccc(C(=O)OCC(N)(CO)CO)cc5n4C[C@@H]4CCO4)CC3)n2)c(F)c1. The zero-order valence-corrected chi connectivity index (χ0v) is 26.6. The van der Waals surface area contributed by atoms with Crippen molar-refractivity contribution in [1.29, 1.82) is 5.26 Å². The molecule has 0 bridgehead atoms. The summed E-state index contributed by atoms with van der Waals surface area (Å²) in [5, 5.41) is 27.8. The summed E-state index contributed by atoms with van der Waals surface area (Å²) < 4.78 is 33.3. The van der Waals surface area contributed by atoms with Crippen LogP contribution in [-0.2, 0) is 29.2 Å². The Bertz CT molecular complexity index is 1790. The van der Waals surface area contributed by atoms with Crippen molar-refractivity contribution in [1.82, 2.24) is 19.4 Å². The molecule has 0 radical (unpaired) electrons. The summed E-state index contributed by atoms with van der Waals surface area (Å²) >= 11 is 0. The number of esters is 1. The minimum Gasteiger partial charge on any atom is -0.473 e.